The van der Waals surface area contributed by atoms with Gasteiger partial charge in [-0.2, -0.15) is 13.2 Å². The minimum absolute atomic E-state index is 0.00107. The van der Waals surface area contributed by atoms with Gasteiger partial charge in [0.1, 0.15) is 0 Å². The van der Waals surface area contributed by atoms with E-state index in [0.29, 0.717) is 10.5 Å². The first-order chi connectivity index (χ1) is 10.3. The highest BCUT2D eigenvalue weighted by Gasteiger charge is 2.33. The van der Waals surface area contributed by atoms with E-state index < -0.39 is 17.7 Å². The van der Waals surface area contributed by atoms with Crippen LogP contribution >= 0.6 is 27.7 Å². The van der Waals surface area contributed by atoms with Crippen molar-refractivity contribution >= 4 is 33.7 Å². The Labute approximate surface area is 137 Å². The van der Waals surface area contributed by atoms with Crippen LogP contribution in [-0.2, 0) is 17.4 Å². The summed E-state index contributed by atoms with van der Waals surface area (Å²) in [5.74, 6) is -0.928. The molecule has 0 aliphatic rings. The van der Waals surface area contributed by atoms with Crippen LogP contribution in [0.2, 0.25) is 0 Å². The molecule has 0 saturated carbocycles. The molecule has 0 unspecified atom stereocenters. The van der Waals surface area contributed by atoms with Crippen molar-refractivity contribution in [1.29, 1.82) is 0 Å². The van der Waals surface area contributed by atoms with Crippen LogP contribution in [0.1, 0.15) is 11.1 Å². The number of carbonyl (C=O) groups is 1. The van der Waals surface area contributed by atoms with Crippen LogP contribution < -0.4 is 0 Å². The van der Waals surface area contributed by atoms with Crippen molar-refractivity contribution in [1.82, 2.24) is 0 Å². The molecule has 0 amide bonds. The van der Waals surface area contributed by atoms with E-state index in [1.165, 1.54) is 17.8 Å². The summed E-state index contributed by atoms with van der Waals surface area (Å²) >= 11 is 4.09. The molecule has 0 aromatic heterocycles. The zero-order chi connectivity index (χ0) is 16.3. The van der Waals surface area contributed by atoms with Gasteiger partial charge in [-0.25, -0.2) is 0 Å². The van der Waals surface area contributed by atoms with E-state index in [1.54, 1.807) is 30.3 Å². The number of carboxylic acids is 1. The molecule has 0 bridgehead atoms. The normalized spacial score (nSPS) is 11.5. The Morgan fingerprint density at radius 2 is 1.68 bits per heavy atom. The van der Waals surface area contributed by atoms with E-state index in [2.05, 4.69) is 15.9 Å². The summed E-state index contributed by atoms with van der Waals surface area (Å²) in [6, 6.07) is 10.7. The molecule has 116 valence electrons. The van der Waals surface area contributed by atoms with Crippen molar-refractivity contribution in [3.8, 4) is 0 Å². The number of aliphatic carboxylic acids is 1. The third-order valence-corrected chi connectivity index (χ3v) is 4.45. The number of halogens is 4. The molecule has 2 aromatic carbocycles. The van der Waals surface area contributed by atoms with E-state index >= 15 is 0 Å². The minimum Gasteiger partial charge on any atom is -0.481 e. The summed E-state index contributed by atoms with van der Waals surface area (Å²) in [5, 5.41) is 8.69. The second kappa shape index (κ2) is 6.75. The molecule has 0 heterocycles. The van der Waals surface area contributed by atoms with Gasteiger partial charge >= 0.3 is 12.1 Å². The molecule has 0 atom stereocenters. The van der Waals surface area contributed by atoms with Crippen molar-refractivity contribution in [2.75, 3.05) is 0 Å². The lowest BCUT2D eigenvalue weighted by Gasteiger charge is -2.11. The molecule has 0 aliphatic heterocycles. The van der Waals surface area contributed by atoms with Crippen LogP contribution in [-0.4, -0.2) is 11.1 Å². The maximum atomic E-state index is 12.8. The number of hydrogen-bond acceptors (Lipinski definition) is 2. The molecule has 1 N–H and O–H groups in total. The number of carboxylic acid groups (broad SMARTS) is 1. The molecule has 22 heavy (non-hydrogen) atoms. The Balaban J connectivity index is 2.19. The number of hydrogen-bond donors (Lipinski definition) is 1. The summed E-state index contributed by atoms with van der Waals surface area (Å²) in [6.45, 7) is 0. The van der Waals surface area contributed by atoms with Gasteiger partial charge < -0.3 is 5.11 Å². The number of benzene rings is 2. The van der Waals surface area contributed by atoms with Crippen molar-refractivity contribution < 1.29 is 23.1 Å². The van der Waals surface area contributed by atoms with Gasteiger partial charge in [-0.3, -0.25) is 4.79 Å². The molecule has 0 radical (unpaired) electrons. The Morgan fingerprint density at radius 1 is 1.09 bits per heavy atom. The van der Waals surface area contributed by atoms with E-state index in [4.69, 9.17) is 5.11 Å². The van der Waals surface area contributed by atoms with Crippen LogP contribution in [0.15, 0.2) is 56.7 Å². The molecular weight excluding hydrogens is 381 g/mol. The molecule has 0 fully saturated rings. The third kappa shape index (κ3) is 4.51. The quantitative estimate of drug-likeness (QED) is 0.774. The molecule has 2 nitrogen and oxygen atoms in total. The molecule has 0 saturated heterocycles. The summed E-state index contributed by atoms with van der Waals surface area (Å²) < 4.78 is 38.5. The fourth-order valence-electron chi connectivity index (χ4n) is 1.77. The van der Waals surface area contributed by atoms with Crippen LogP contribution in [0.3, 0.4) is 0 Å². The Kier molecular flexibility index (Phi) is 5.18. The van der Waals surface area contributed by atoms with E-state index in [1.807, 2.05) is 0 Å². The number of rotatable bonds is 4. The maximum absolute atomic E-state index is 12.8. The van der Waals surface area contributed by atoms with Crippen LogP contribution in [0.4, 0.5) is 13.2 Å². The summed E-state index contributed by atoms with van der Waals surface area (Å²) in [7, 11) is 0. The largest absolute Gasteiger partial charge is 0.481 e. The first-order valence-corrected chi connectivity index (χ1v) is 7.72. The monoisotopic (exact) mass is 390 g/mol. The van der Waals surface area contributed by atoms with Crippen molar-refractivity contribution in [2.45, 2.75) is 22.4 Å². The number of alkyl halides is 3. The highest BCUT2D eigenvalue weighted by Crippen LogP contribution is 2.38. The minimum atomic E-state index is -4.42. The average molecular weight is 391 g/mol. The van der Waals surface area contributed by atoms with Gasteiger partial charge in [0.15, 0.2) is 0 Å². The predicted molar refractivity (Wildman–Crippen MR) is 81.0 cm³/mol. The molecular formula is C15H10BrF3O2S. The molecule has 0 spiro atoms. The predicted octanol–water partition coefficient (Wildman–Crippen LogP) is 5.25. The van der Waals surface area contributed by atoms with Crippen molar-refractivity contribution in [2.24, 2.45) is 0 Å². The van der Waals surface area contributed by atoms with Crippen molar-refractivity contribution in [3.63, 3.8) is 0 Å². The van der Waals surface area contributed by atoms with Crippen LogP contribution in [0, 0.1) is 0 Å². The van der Waals surface area contributed by atoms with Crippen LogP contribution in [0.5, 0.6) is 0 Å². The van der Waals surface area contributed by atoms with Gasteiger partial charge in [-0.05, 0) is 35.9 Å². The summed E-state index contributed by atoms with van der Waals surface area (Å²) in [4.78, 5) is 11.8. The molecule has 0 aliphatic carbocycles. The van der Waals surface area contributed by atoms with Crippen molar-refractivity contribution in [3.05, 3.63) is 58.1 Å². The zero-order valence-corrected chi connectivity index (χ0v) is 13.4. The van der Waals surface area contributed by atoms with Gasteiger partial charge in [-0.15, -0.1) is 0 Å². The highest BCUT2D eigenvalue weighted by atomic mass is 79.9. The van der Waals surface area contributed by atoms with Gasteiger partial charge in [0.2, 0.25) is 0 Å². The smallest absolute Gasteiger partial charge is 0.417 e. The van der Waals surface area contributed by atoms with Gasteiger partial charge in [0.25, 0.3) is 0 Å². The average Bonchev–Trinajstić information content (AvgIpc) is 2.41. The lowest BCUT2D eigenvalue weighted by molar-refractivity contribution is -0.138. The lowest BCUT2D eigenvalue weighted by Crippen LogP contribution is -2.05. The van der Waals surface area contributed by atoms with E-state index in [9.17, 15) is 18.0 Å². The van der Waals surface area contributed by atoms with E-state index in [-0.39, 0.29) is 10.9 Å². The first kappa shape index (κ1) is 16.9. The Bertz CT molecular complexity index is 684. The highest BCUT2D eigenvalue weighted by molar-refractivity contribution is 9.10. The molecule has 7 heteroatoms. The molecule has 2 aromatic rings. The standard InChI is InChI=1S/C15H10BrF3O2S/c16-13-6-5-11(8-12(13)15(17,18)19)22-10-3-1-9(2-4-10)7-14(20)21/h1-6,8H,7H2,(H,20,21). The van der Waals surface area contributed by atoms with Crippen LogP contribution in [0.25, 0.3) is 0 Å². The van der Waals surface area contributed by atoms with Gasteiger partial charge in [0.05, 0.1) is 12.0 Å². The topological polar surface area (TPSA) is 37.3 Å². The van der Waals surface area contributed by atoms with Gasteiger partial charge in [0, 0.05) is 14.3 Å². The first-order valence-electron chi connectivity index (χ1n) is 6.11. The maximum Gasteiger partial charge on any atom is 0.417 e. The fourth-order valence-corrected chi connectivity index (χ4v) is 3.10. The SMILES string of the molecule is O=C(O)Cc1ccc(Sc2ccc(Br)c(C(F)(F)F)c2)cc1. The summed E-state index contributed by atoms with van der Waals surface area (Å²) in [6.07, 6.45) is -4.50. The second-order valence-corrected chi connectivity index (χ2v) is 6.46. The third-order valence-electron chi connectivity index (χ3n) is 2.76. The Morgan fingerprint density at radius 3 is 2.23 bits per heavy atom. The summed E-state index contributed by atoms with van der Waals surface area (Å²) in [5.41, 5.74) is -0.0800. The Hall–Kier alpha value is -1.47. The van der Waals surface area contributed by atoms with Gasteiger partial charge in [-0.1, -0.05) is 39.8 Å². The zero-order valence-electron chi connectivity index (χ0n) is 11.0. The molecule has 2 rings (SSSR count). The second-order valence-electron chi connectivity index (χ2n) is 4.46. The lowest BCUT2D eigenvalue weighted by atomic mass is 10.2. The van der Waals surface area contributed by atoms with E-state index in [0.717, 1.165) is 11.0 Å². The fraction of sp³-hybridized carbons (Fsp3) is 0.133.